The summed E-state index contributed by atoms with van der Waals surface area (Å²) in [5.41, 5.74) is 4.52. The highest BCUT2D eigenvalue weighted by molar-refractivity contribution is 5.79. The normalized spacial score (nSPS) is 20.9. The van der Waals surface area contributed by atoms with Crippen molar-refractivity contribution in [1.82, 2.24) is 4.90 Å². The summed E-state index contributed by atoms with van der Waals surface area (Å²) >= 11 is 0. The number of nitro groups is 1. The molecule has 1 aliphatic rings. The summed E-state index contributed by atoms with van der Waals surface area (Å²) in [6, 6.07) is 20.0. The molecule has 0 saturated carbocycles. The SMILES string of the molecule is Cc1ccc(CN2C(=O)C[C@@H](c3ccc(C)cc3)[C@H]([N+](=O)[O-])[C@H]2c2ccc(O)cc2)cc1. The zero-order valence-corrected chi connectivity index (χ0v) is 18.1. The molecule has 1 heterocycles. The number of carbonyl (C=O) groups excluding carboxylic acids is 1. The number of likely N-dealkylation sites (tertiary alicyclic amines) is 1. The van der Waals surface area contributed by atoms with Crippen LogP contribution in [-0.2, 0) is 11.3 Å². The van der Waals surface area contributed by atoms with Crippen molar-refractivity contribution in [2.45, 2.75) is 44.8 Å². The van der Waals surface area contributed by atoms with Crippen LogP contribution in [0.2, 0.25) is 0 Å². The Bertz CT molecular complexity index is 1110. The average Bonchev–Trinajstić information content (AvgIpc) is 2.77. The first kappa shape index (κ1) is 21.6. The number of carbonyl (C=O) groups is 1. The second kappa shape index (κ2) is 8.83. The van der Waals surface area contributed by atoms with Gasteiger partial charge in [-0.2, -0.15) is 0 Å². The molecule has 164 valence electrons. The molecule has 1 aliphatic heterocycles. The fraction of sp³-hybridized carbons (Fsp3) is 0.269. The molecule has 6 nitrogen and oxygen atoms in total. The molecule has 3 atom stereocenters. The zero-order valence-electron chi connectivity index (χ0n) is 18.1. The van der Waals surface area contributed by atoms with E-state index in [-0.39, 0.29) is 29.5 Å². The summed E-state index contributed by atoms with van der Waals surface area (Å²) in [7, 11) is 0. The van der Waals surface area contributed by atoms with E-state index in [1.807, 2.05) is 62.4 Å². The van der Waals surface area contributed by atoms with E-state index in [0.717, 1.165) is 22.3 Å². The highest BCUT2D eigenvalue weighted by Gasteiger charge is 2.50. The molecule has 1 N–H and O–H groups in total. The largest absolute Gasteiger partial charge is 0.508 e. The van der Waals surface area contributed by atoms with Crippen molar-refractivity contribution in [3.63, 3.8) is 0 Å². The van der Waals surface area contributed by atoms with E-state index >= 15 is 0 Å². The summed E-state index contributed by atoms with van der Waals surface area (Å²) in [5.74, 6) is -0.577. The van der Waals surface area contributed by atoms with Gasteiger partial charge in [0, 0.05) is 17.9 Å². The highest BCUT2D eigenvalue weighted by atomic mass is 16.6. The highest BCUT2D eigenvalue weighted by Crippen LogP contribution is 2.43. The minimum Gasteiger partial charge on any atom is -0.508 e. The molecule has 0 spiro atoms. The van der Waals surface area contributed by atoms with Crippen LogP contribution in [0.4, 0.5) is 0 Å². The Morgan fingerprint density at radius 1 is 0.906 bits per heavy atom. The maximum atomic E-state index is 13.4. The molecule has 32 heavy (non-hydrogen) atoms. The molecular formula is C26H26N2O4. The molecule has 0 aliphatic carbocycles. The second-order valence-corrected chi connectivity index (χ2v) is 8.54. The molecule has 1 saturated heterocycles. The average molecular weight is 431 g/mol. The van der Waals surface area contributed by atoms with Crippen molar-refractivity contribution in [3.05, 3.63) is 111 Å². The lowest BCUT2D eigenvalue weighted by molar-refractivity contribution is -0.537. The molecule has 4 rings (SSSR count). The van der Waals surface area contributed by atoms with E-state index in [2.05, 4.69) is 0 Å². The van der Waals surface area contributed by atoms with E-state index in [4.69, 9.17) is 0 Å². The Morgan fingerprint density at radius 2 is 1.44 bits per heavy atom. The van der Waals surface area contributed by atoms with Crippen molar-refractivity contribution < 1.29 is 14.8 Å². The van der Waals surface area contributed by atoms with Gasteiger partial charge in [-0.05, 0) is 42.7 Å². The number of nitrogens with zero attached hydrogens (tertiary/aromatic N) is 2. The number of phenols is 1. The van der Waals surface area contributed by atoms with Gasteiger partial charge in [-0.3, -0.25) is 14.9 Å². The Labute approximate surface area is 187 Å². The fourth-order valence-electron chi connectivity index (χ4n) is 4.50. The van der Waals surface area contributed by atoms with E-state index < -0.39 is 18.0 Å². The lowest BCUT2D eigenvalue weighted by Crippen LogP contribution is -2.51. The first-order valence-electron chi connectivity index (χ1n) is 10.7. The second-order valence-electron chi connectivity index (χ2n) is 8.54. The Morgan fingerprint density at radius 3 is 2.00 bits per heavy atom. The summed E-state index contributed by atoms with van der Waals surface area (Å²) in [6.07, 6.45) is 0.0785. The van der Waals surface area contributed by atoms with Crippen molar-refractivity contribution in [2.75, 3.05) is 0 Å². The minimum absolute atomic E-state index is 0.0775. The predicted molar refractivity (Wildman–Crippen MR) is 122 cm³/mol. The maximum Gasteiger partial charge on any atom is 0.244 e. The number of aryl methyl sites for hydroxylation is 2. The Hall–Kier alpha value is -3.67. The predicted octanol–water partition coefficient (Wildman–Crippen LogP) is 4.91. The zero-order chi connectivity index (χ0) is 22.8. The lowest BCUT2D eigenvalue weighted by atomic mass is 9.78. The van der Waals surface area contributed by atoms with Crippen LogP contribution in [0.1, 0.15) is 46.2 Å². The molecule has 6 heteroatoms. The lowest BCUT2D eigenvalue weighted by Gasteiger charge is -2.41. The third-order valence-electron chi connectivity index (χ3n) is 6.24. The molecule has 0 unspecified atom stereocenters. The van der Waals surface area contributed by atoms with Crippen LogP contribution in [-0.4, -0.2) is 26.9 Å². The van der Waals surface area contributed by atoms with Gasteiger partial charge in [-0.25, -0.2) is 0 Å². The van der Waals surface area contributed by atoms with Gasteiger partial charge in [-0.1, -0.05) is 71.8 Å². The molecule has 0 aromatic heterocycles. The monoisotopic (exact) mass is 430 g/mol. The molecule has 3 aromatic rings. The molecular weight excluding hydrogens is 404 g/mol. The fourth-order valence-corrected chi connectivity index (χ4v) is 4.50. The maximum absolute atomic E-state index is 13.4. The van der Waals surface area contributed by atoms with Gasteiger partial charge < -0.3 is 10.0 Å². The van der Waals surface area contributed by atoms with E-state index in [1.54, 1.807) is 17.0 Å². The van der Waals surface area contributed by atoms with E-state index in [9.17, 15) is 20.0 Å². The summed E-state index contributed by atoms with van der Waals surface area (Å²) in [4.78, 5) is 27.2. The van der Waals surface area contributed by atoms with Crippen LogP contribution in [0.15, 0.2) is 72.8 Å². The van der Waals surface area contributed by atoms with Crippen LogP contribution in [0, 0.1) is 24.0 Å². The van der Waals surface area contributed by atoms with E-state index in [1.165, 1.54) is 12.1 Å². The quantitative estimate of drug-likeness (QED) is 0.460. The molecule has 0 radical (unpaired) electrons. The Kier molecular flexibility index (Phi) is 5.95. The van der Waals surface area contributed by atoms with Gasteiger partial charge >= 0.3 is 0 Å². The topological polar surface area (TPSA) is 83.7 Å². The van der Waals surface area contributed by atoms with Crippen LogP contribution in [0.5, 0.6) is 5.75 Å². The number of hydrogen-bond acceptors (Lipinski definition) is 4. The van der Waals surface area contributed by atoms with Crippen molar-refractivity contribution in [1.29, 1.82) is 0 Å². The number of benzene rings is 3. The smallest absolute Gasteiger partial charge is 0.244 e. The number of amides is 1. The van der Waals surface area contributed by atoms with Gasteiger partial charge in [0.25, 0.3) is 0 Å². The first-order valence-corrected chi connectivity index (χ1v) is 10.7. The van der Waals surface area contributed by atoms with Crippen molar-refractivity contribution in [2.24, 2.45) is 0 Å². The minimum atomic E-state index is -1.01. The molecule has 1 amide bonds. The molecule has 0 bridgehead atoms. The number of rotatable bonds is 5. The number of aromatic hydroxyl groups is 1. The number of phenolic OH excluding ortho intramolecular Hbond substituents is 1. The van der Waals surface area contributed by atoms with E-state index in [0.29, 0.717) is 5.56 Å². The number of hydrogen-bond donors (Lipinski definition) is 1. The van der Waals surface area contributed by atoms with Crippen LogP contribution in [0.3, 0.4) is 0 Å². The first-order chi connectivity index (χ1) is 15.3. The summed E-state index contributed by atoms with van der Waals surface area (Å²) < 4.78 is 0. The van der Waals surface area contributed by atoms with Crippen LogP contribution >= 0.6 is 0 Å². The summed E-state index contributed by atoms with van der Waals surface area (Å²) in [5, 5.41) is 22.2. The van der Waals surface area contributed by atoms with Gasteiger partial charge in [-0.15, -0.1) is 0 Å². The molecule has 3 aromatic carbocycles. The van der Waals surface area contributed by atoms with Crippen LogP contribution in [0.25, 0.3) is 0 Å². The third-order valence-corrected chi connectivity index (χ3v) is 6.24. The standard InChI is InChI=1S/C26H26N2O4/c1-17-3-7-19(8-4-17)16-27-24(30)15-23(20-9-5-18(2)6-10-20)26(28(31)32)25(27)21-11-13-22(29)14-12-21/h3-14,23,25-26,29H,15-16H2,1-2H3/t23-,25+,26-/m0/s1. The van der Waals surface area contributed by atoms with Crippen molar-refractivity contribution >= 4 is 5.91 Å². The third kappa shape index (κ3) is 4.35. The van der Waals surface area contributed by atoms with Gasteiger partial charge in [0.15, 0.2) is 0 Å². The summed E-state index contributed by atoms with van der Waals surface area (Å²) in [6.45, 7) is 4.24. The molecule has 1 fully saturated rings. The van der Waals surface area contributed by atoms with Crippen LogP contribution < -0.4 is 0 Å². The van der Waals surface area contributed by atoms with Gasteiger partial charge in [0.2, 0.25) is 11.9 Å². The van der Waals surface area contributed by atoms with Gasteiger partial charge in [0.1, 0.15) is 11.8 Å². The van der Waals surface area contributed by atoms with Gasteiger partial charge in [0.05, 0.1) is 5.92 Å². The Balaban J connectivity index is 1.79. The number of piperidine rings is 1. The van der Waals surface area contributed by atoms with Crippen molar-refractivity contribution in [3.8, 4) is 5.75 Å².